The van der Waals surface area contributed by atoms with Gasteiger partial charge in [0.05, 0.1) is 12.3 Å². The van der Waals surface area contributed by atoms with Gasteiger partial charge in [-0.25, -0.2) is 4.79 Å². The summed E-state index contributed by atoms with van der Waals surface area (Å²) < 4.78 is 0. The third-order valence-corrected chi connectivity index (χ3v) is 3.12. The quantitative estimate of drug-likeness (QED) is 0.867. The van der Waals surface area contributed by atoms with Crippen molar-refractivity contribution in [3.63, 3.8) is 0 Å². The van der Waals surface area contributed by atoms with Gasteiger partial charge < -0.3 is 10.0 Å². The lowest BCUT2D eigenvalue weighted by molar-refractivity contribution is 0.209. The second kappa shape index (κ2) is 4.75. The SMILES string of the molecule is CC(C)N1CCN(c2ccccc2CO)C1=O. The molecule has 1 aromatic rings. The van der Waals surface area contributed by atoms with E-state index in [1.54, 1.807) is 4.90 Å². The molecule has 1 saturated heterocycles. The zero-order chi connectivity index (χ0) is 12.4. The number of aliphatic hydroxyl groups excluding tert-OH is 1. The minimum atomic E-state index is -0.0400. The molecular weight excluding hydrogens is 216 g/mol. The van der Waals surface area contributed by atoms with E-state index < -0.39 is 0 Å². The lowest BCUT2D eigenvalue weighted by Crippen LogP contribution is -2.36. The first-order chi connectivity index (χ1) is 8.15. The summed E-state index contributed by atoms with van der Waals surface area (Å²) in [4.78, 5) is 15.8. The Labute approximate surface area is 101 Å². The van der Waals surface area contributed by atoms with Crippen LogP contribution in [0.2, 0.25) is 0 Å². The van der Waals surface area contributed by atoms with Crippen LogP contribution in [-0.2, 0) is 6.61 Å². The summed E-state index contributed by atoms with van der Waals surface area (Å²) >= 11 is 0. The van der Waals surface area contributed by atoms with E-state index in [2.05, 4.69) is 0 Å². The largest absolute Gasteiger partial charge is 0.392 e. The van der Waals surface area contributed by atoms with Crippen molar-refractivity contribution in [3.8, 4) is 0 Å². The molecule has 0 unspecified atom stereocenters. The second-order valence-electron chi connectivity index (χ2n) is 4.51. The molecule has 17 heavy (non-hydrogen) atoms. The fourth-order valence-corrected chi connectivity index (χ4v) is 2.16. The highest BCUT2D eigenvalue weighted by Crippen LogP contribution is 2.25. The summed E-state index contributed by atoms with van der Waals surface area (Å²) in [6.45, 7) is 5.42. The maximum Gasteiger partial charge on any atom is 0.324 e. The molecule has 0 bridgehead atoms. The number of anilines is 1. The van der Waals surface area contributed by atoms with Crippen molar-refractivity contribution in [1.82, 2.24) is 4.90 Å². The van der Waals surface area contributed by atoms with E-state index in [1.807, 2.05) is 43.0 Å². The molecule has 0 spiro atoms. The summed E-state index contributed by atoms with van der Waals surface area (Å²) in [6, 6.07) is 7.73. The lowest BCUT2D eigenvalue weighted by atomic mass is 10.2. The first-order valence-electron chi connectivity index (χ1n) is 5.92. The smallest absolute Gasteiger partial charge is 0.324 e. The number of aliphatic hydroxyl groups is 1. The molecule has 4 heteroatoms. The van der Waals surface area contributed by atoms with Gasteiger partial charge in [-0.1, -0.05) is 18.2 Å². The molecule has 0 aromatic heterocycles. The molecule has 0 saturated carbocycles. The molecule has 92 valence electrons. The second-order valence-corrected chi connectivity index (χ2v) is 4.51. The summed E-state index contributed by atoms with van der Waals surface area (Å²) in [5, 5.41) is 9.29. The van der Waals surface area contributed by atoms with Gasteiger partial charge in [-0.15, -0.1) is 0 Å². The Morgan fingerprint density at radius 1 is 1.29 bits per heavy atom. The molecule has 1 N–H and O–H groups in total. The van der Waals surface area contributed by atoms with Crippen molar-refractivity contribution in [2.24, 2.45) is 0 Å². The van der Waals surface area contributed by atoms with Crippen LogP contribution in [0.15, 0.2) is 24.3 Å². The number of amides is 2. The maximum atomic E-state index is 12.2. The van der Waals surface area contributed by atoms with E-state index in [1.165, 1.54) is 0 Å². The molecule has 0 radical (unpaired) electrons. The topological polar surface area (TPSA) is 43.8 Å². The first-order valence-corrected chi connectivity index (χ1v) is 5.92. The van der Waals surface area contributed by atoms with E-state index in [-0.39, 0.29) is 18.7 Å². The van der Waals surface area contributed by atoms with Crippen molar-refractivity contribution in [2.45, 2.75) is 26.5 Å². The van der Waals surface area contributed by atoms with Crippen molar-refractivity contribution in [1.29, 1.82) is 0 Å². The number of hydrogen-bond donors (Lipinski definition) is 1. The summed E-state index contributed by atoms with van der Waals surface area (Å²) in [5.74, 6) is 0. The number of carbonyl (C=O) groups excluding carboxylic acids is 1. The predicted molar refractivity (Wildman–Crippen MR) is 66.9 cm³/mol. The summed E-state index contributed by atoms with van der Waals surface area (Å²) in [7, 11) is 0. The molecular formula is C13H18N2O2. The van der Waals surface area contributed by atoms with Crippen molar-refractivity contribution >= 4 is 11.7 Å². The number of para-hydroxylation sites is 1. The molecule has 1 heterocycles. The summed E-state index contributed by atoms with van der Waals surface area (Å²) in [6.07, 6.45) is 0. The molecule has 2 amide bonds. The lowest BCUT2D eigenvalue weighted by Gasteiger charge is -2.22. The maximum absolute atomic E-state index is 12.2. The Hall–Kier alpha value is -1.55. The Morgan fingerprint density at radius 3 is 2.59 bits per heavy atom. The average Bonchev–Trinajstić information content (AvgIpc) is 2.71. The predicted octanol–water partition coefficient (Wildman–Crippen LogP) is 1.83. The monoisotopic (exact) mass is 234 g/mol. The Morgan fingerprint density at radius 2 is 2.00 bits per heavy atom. The van der Waals surface area contributed by atoms with Crippen LogP contribution in [0.25, 0.3) is 0 Å². The fraction of sp³-hybridized carbons (Fsp3) is 0.462. The normalized spacial score (nSPS) is 16.1. The van der Waals surface area contributed by atoms with Crippen molar-refractivity contribution < 1.29 is 9.90 Å². The van der Waals surface area contributed by atoms with Crippen molar-refractivity contribution in [2.75, 3.05) is 18.0 Å². The number of carbonyl (C=O) groups is 1. The van der Waals surface area contributed by atoms with Crippen LogP contribution in [0.1, 0.15) is 19.4 Å². The Balaban J connectivity index is 2.27. The minimum absolute atomic E-state index is 0.0286. The van der Waals surface area contributed by atoms with Crippen molar-refractivity contribution in [3.05, 3.63) is 29.8 Å². The molecule has 2 rings (SSSR count). The van der Waals surface area contributed by atoms with Crippen LogP contribution in [0.3, 0.4) is 0 Å². The van der Waals surface area contributed by atoms with Crippen LogP contribution in [0.5, 0.6) is 0 Å². The number of rotatable bonds is 3. The molecule has 4 nitrogen and oxygen atoms in total. The van der Waals surface area contributed by atoms with Crippen LogP contribution >= 0.6 is 0 Å². The average molecular weight is 234 g/mol. The van der Waals surface area contributed by atoms with Gasteiger partial charge in [0, 0.05) is 24.7 Å². The number of urea groups is 1. The van der Waals surface area contributed by atoms with E-state index >= 15 is 0 Å². The number of nitrogens with zero attached hydrogens (tertiary/aromatic N) is 2. The van der Waals surface area contributed by atoms with Gasteiger partial charge in [0.1, 0.15) is 0 Å². The van der Waals surface area contributed by atoms with E-state index in [0.29, 0.717) is 6.54 Å². The highest BCUT2D eigenvalue weighted by molar-refractivity contribution is 5.95. The summed E-state index contributed by atoms with van der Waals surface area (Å²) in [5.41, 5.74) is 1.62. The molecule has 1 aromatic carbocycles. The molecule has 1 aliphatic rings. The van der Waals surface area contributed by atoms with Crippen LogP contribution in [-0.4, -0.2) is 35.2 Å². The fourth-order valence-electron chi connectivity index (χ4n) is 2.16. The van der Waals surface area contributed by atoms with E-state index in [4.69, 9.17) is 0 Å². The van der Waals surface area contributed by atoms with Gasteiger partial charge >= 0.3 is 6.03 Å². The molecule has 0 atom stereocenters. The van der Waals surface area contributed by atoms with Gasteiger partial charge in [-0.3, -0.25) is 4.90 Å². The van der Waals surface area contributed by atoms with E-state index in [0.717, 1.165) is 17.8 Å². The van der Waals surface area contributed by atoms with Gasteiger partial charge in [-0.2, -0.15) is 0 Å². The highest BCUT2D eigenvalue weighted by atomic mass is 16.3. The molecule has 1 fully saturated rings. The highest BCUT2D eigenvalue weighted by Gasteiger charge is 2.31. The Bertz CT molecular complexity index is 418. The standard InChI is InChI=1S/C13H18N2O2/c1-10(2)14-7-8-15(13(14)17)12-6-4-3-5-11(12)9-16/h3-6,10,16H,7-9H2,1-2H3. The Kier molecular flexibility index (Phi) is 3.33. The molecule has 1 aliphatic heterocycles. The zero-order valence-electron chi connectivity index (χ0n) is 10.3. The van der Waals surface area contributed by atoms with Gasteiger partial charge in [0.25, 0.3) is 0 Å². The third kappa shape index (κ3) is 2.13. The zero-order valence-corrected chi connectivity index (χ0v) is 10.3. The van der Waals surface area contributed by atoms with E-state index in [9.17, 15) is 9.90 Å². The molecule has 0 aliphatic carbocycles. The van der Waals surface area contributed by atoms with Gasteiger partial charge in [0.15, 0.2) is 0 Å². The number of hydrogen-bond acceptors (Lipinski definition) is 2. The van der Waals surface area contributed by atoms with Crippen LogP contribution < -0.4 is 4.90 Å². The van der Waals surface area contributed by atoms with Crippen LogP contribution in [0, 0.1) is 0 Å². The number of benzene rings is 1. The van der Waals surface area contributed by atoms with Gasteiger partial charge in [0.2, 0.25) is 0 Å². The minimum Gasteiger partial charge on any atom is -0.392 e. The van der Waals surface area contributed by atoms with Crippen LogP contribution in [0.4, 0.5) is 10.5 Å². The van der Waals surface area contributed by atoms with Gasteiger partial charge in [-0.05, 0) is 19.9 Å². The third-order valence-electron chi connectivity index (χ3n) is 3.12. The first kappa shape index (κ1) is 11.9.